The minimum Gasteiger partial charge on any atom is -0.360 e. The fraction of sp³-hybridized carbons (Fsp3) is 0.0625. The van der Waals surface area contributed by atoms with Crippen LogP contribution in [0.5, 0.6) is 0 Å². The molecule has 0 aliphatic heterocycles. The number of carbonyl (C=O) groups is 1. The maximum atomic E-state index is 12.8. The second-order valence-electron chi connectivity index (χ2n) is 5.45. The number of amides is 1. The lowest BCUT2D eigenvalue weighted by Gasteiger charge is -2.12. The van der Waals surface area contributed by atoms with Gasteiger partial charge in [-0.1, -0.05) is 29.8 Å². The average Bonchev–Trinajstić information content (AvgIpc) is 3.03. The number of fused-ring (bicyclic) bond motifs is 1. The first-order valence-corrected chi connectivity index (χ1v) is 9.21. The molecule has 3 N–H and O–H groups in total. The Hall–Kier alpha value is -2.56. The van der Waals surface area contributed by atoms with Gasteiger partial charge < -0.3 is 4.98 Å². The molecule has 1 aromatic heterocycles. The first kappa shape index (κ1) is 19.2. The molecule has 2 aromatic carbocycles. The number of hydrogen-bond donors (Lipinski definition) is 3. The van der Waals surface area contributed by atoms with E-state index in [4.69, 9.17) is 11.6 Å². The number of aromatic amines is 1. The van der Waals surface area contributed by atoms with Crippen LogP contribution in [-0.4, -0.2) is 19.3 Å². The number of hydrogen-bond acceptors (Lipinski definition) is 3. The number of H-pyrrole nitrogens is 1. The quantitative estimate of drug-likeness (QED) is 0.568. The molecule has 27 heavy (non-hydrogen) atoms. The number of nitrogens with one attached hydrogen (secondary N) is 3. The van der Waals surface area contributed by atoms with Crippen LogP contribution in [0.25, 0.3) is 10.9 Å². The van der Waals surface area contributed by atoms with Crippen molar-refractivity contribution in [3.63, 3.8) is 0 Å². The molecule has 0 saturated heterocycles. The third-order valence-electron chi connectivity index (χ3n) is 3.68. The van der Waals surface area contributed by atoms with Crippen molar-refractivity contribution >= 4 is 38.4 Å². The van der Waals surface area contributed by atoms with Gasteiger partial charge in [0.25, 0.3) is 15.9 Å². The average molecular weight is 418 g/mol. The summed E-state index contributed by atoms with van der Waals surface area (Å²) in [4.78, 5) is 16.0. The summed E-state index contributed by atoms with van der Waals surface area (Å²) in [6.07, 6.45) is -3.37. The summed E-state index contributed by atoms with van der Waals surface area (Å²) in [5.74, 6) is -0.792. The van der Waals surface area contributed by atoms with E-state index in [2.05, 4.69) is 4.98 Å². The maximum absolute atomic E-state index is 12.8. The Labute approximate surface area is 156 Å². The van der Waals surface area contributed by atoms with E-state index in [0.29, 0.717) is 23.0 Å². The van der Waals surface area contributed by atoms with Gasteiger partial charge in [-0.2, -0.15) is 13.2 Å². The van der Waals surface area contributed by atoms with Crippen molar-refractivity contribution in [3.05, 3.63) is 64.8 Å². The lowest BCUT2D eigenvalue weighted by atomic mass is 10.2. The minimum atomic E-state index is -4.75. The van der Waals surface area contributed by atoms with Gasteiger partial charge in [-0.3, -0.25) is 10.2 Å². The molecule has 0 fully saturated rings. The highest BCUT2D eigenvalue weighted by atomic mass is 35.5. The Morgan fingerprint density at radius 2 is 1.81 bits per heavy atom. The largest absolute Gasteiger partial charge is 0.416 e. The second-order valence-corrected chi connectivity index (χ2v) is 7.51. The number of carbonyl (C=O) groups excluding carboxylic acids is 1. The fourth-order valence-corrected chi connectivity index (χ4v) is 3.75. The molecule has 0 radical (unpaired) electrons. The number of sulfonamides is 1. The molecule has 1 heterocycles. The highest BCUT2D eigenvalue weighted by Gasteiger charge is 2.33. The molecule has 0 unspecified atom stereocenters. The van der Waals surface area contributed by atoms with E-state index < -0.39 is 37.6 Å². The Morgan fingerprint density at radius 3 is 2.52 bits per heavy atom. The van der Waals surface area contributed by atoms with Crippen molar-refractivity contribution in [2.24, 2.45) is 0 Å². The smallest absolute Gasteiger partial charge is 0.360 e. The highest BCUT2D eigenvalue weighted by Crippen LogP contribution is 2.33. The van der Waals surface area contributed by atoms with E-state index in [9.17, 15) is 26.4 Å². The number of rotatable bonds is 4. The van der Waals surface area contributed by atoms with Gasteiger partial charge >= 0.3 is 6.18 Å². The fourth-order valence-electron chi connectivity index (χ4n) is 2.38. The van der Waals surface area contributed by atoms with Gasteiger partial charge in [0.05, 0.1) is 16.1 Å². The van der Waals surface area contributed by atoms with Crippen LogP contribution in [0.4, 0.5) is 13.2 Å². The van der Waals surface area contributed by atoms with Crippen LogP contribution >= 0.6 is 11.6 Å². The zero-order valence-corrected chi connectivity index (χ0v) is 14.8. The molecule has 0 saturated carbocycles. The SMILES string of the molecule is O=C(NNS(=O)(=O)c1cc(C(F)(F)F)ccc1Cl)c1c[nH]c2ccccc12. The van der Waals surface area contributed by atoms with Crippen LogP contribution in [-0.2, 0) is 16.2 Å². The third kappa shape index (κ3) is 3.92. The topological polar surface area (TPSA) is 91.1 Å². The van der Waals surface area contributed by atoms with E-state index >= 15 is 0 Å². The molecule has 0 atom stereocenters. The molecule has 0 bridgehead atoms. The van der Waals surface area contributed by atoms with Crippen LogP contribution in [0.15, 0.2) is 53.6 Å². The number of aromatic nitrogens is 1. The lowest BCUT2D eigenvalue weighted by molar-refractivity contribution is -0.137. The number of hydrazine groups is 1. The second kappa shape index (κ2) is 6.87. The first-order valence-electron chi connectivity index (χ1n) is 7.34. The molecule has 0 aliphatic rings. The molecule has 1 amide bonds. The molecule has 0 spiro atoms. The summed E-state index contributed by atoms with van der Waals surface area (Å²) in [5, 5.41) is 0.128. The number of para-hydroxylation sites is 1. The van der Waals surface area contributed by atoms with Gasteiger partial charge in [-0.15, -0.1) is 4.83 Å². The maximum Gasteiger partial charge on any atom is 0.416 e. The van der Waals surface area contributed by atoms with Crippen molar-refractivity contribution in [1.29, 1.82) is 0 Å². The normalized spacial score (nSPS) is 12.3. The number of alkyl halides is 3. The monoisotopic (exact) mass is 417 g/mol. The molecule has 0 aliphatic carbocycles. The molecule has 3 rings (SSSR count). The minimum absolute atomic E-state index is 0.156. The van der Waals surface area contributed by atoms with Crippen molar-refractivity contribution < 1.29 is 26.4 Å². The highest BCUT2D eigenvalue weighted by molar-refractivity contribution is 7.89. The predicted octanol–water partition coefficient (Wildman–Crippen LogP) is 3.46. The van der Waals surface area contributed by atoms with Gasteiger partial charge in [0, 0.05) is 17.1 Å². The Bertz CT molecular complexity index is 1130. The van der Waals surface area contributed by atoms with E-state index in [1.54, 1.807) is 29.1 Å². The van der Waals surface area contributed by atoms with Gasteiger partial charge in [0.15, 0.2) is 0 Å². The number of benzene rings is 2. The van der Waals surface area contributed by atoms with Crippen molar-refractivity contribution in [1.82, 2.24) is 15.2 Å². The van der Waals surface area contributed by atoms with Crippen molar-refractivity contribution in [2.75, 3.05) is 0 Å². The van der Waals surface area contributed by atoms with E-state index in [0.717, 1.165) is 6.07 Å². The van der Waals surface area contributed by atoms with Crippen LogP contribution in [0.1, 0.15) is 15.9 Å². The summed E-state index contributed by atoms with van der Waals surface area (Å²) < 4.78 is 63.0. The summed E-state index contributed by atoms with van der Waals surface area (Å²) in [6, 6.07) is 8.69. The summed E-state index contributed by atoms with van der Waals surface area (Å²) in [5.41, 5.74) is 1.59. The van der Waals surface area contributed by atoms with Gasteiger partial charge in [0.2, 0.25) is 0 Å². The molecule has 142 valence electrons. The third-order valence-corrected chi connectivity index (χ3v) is 5.41. The predicted molar refractivity (Wildman–Crippen MR) is 92.5 cm³/mol. The van der Waals surface area contributed by atoms with E-state index in [1.807, 2.05) is 5.43 Å². The zero-order valence-electron chi connectivity index (χ0n) is 13.3. The lowest BCUT2D eigenvalue weighted by Crippen LogP contribution is -2.41. The van der Waals surface area contributed by atoms with Gasteiger partial charge in [0.1, 0.15) is 4.90 Å². The van der Waals surface area contributed by atoms with Gasteiger partial charge in [-0.05, 0) is 24.3 Å². The van der Waals surface area contributed by atoms with Crippen molar-refractivity contribution in [3.8, 4) is 0 Å². The summed E-state index contributed by atoms with van der Waals surface area (Å²) in [6.45, 7) is 0. The zero-order chi connectivity index (χ0) is 19.8. The molecule has 6 nitrogen and oxygen atoms in total. The standard InChI is InChI=1S/C16H11ClF3N3O3S/c17-12-6-5-9(16(18,19)20)7-14(12)27(25,26)23-22-15(24)11-8-21-13-4-2-1-3-10(11)13/h1-8,21,23H,(H,22,24). The Morgan fingerprint density at radius 1 is 1.11 bits per heavy atom. The molecule has 3 aromatic rings. The van der Waals surface area contributed by atoms with Crippen LogP contribution in [0, 0.1) is 0 Å². The van der Waals surface area contributed by atoms with E-state index in [-0.39, 0.29) is 5.56 Å². The van der Waals surface area contributed by atoms with Crippen LogP contribution in [0.2, 0.25) is 5.02 Å². The van der Waals surface area contributed by atoms with Gasteiger partial charge in [-0.25, -0.2) is 8.42 Å². The van der Waals surface area contributed by atoms with Crippen LogP contribution < -0.4 is 10.3 Å². The molecule has 11 heteroatoms. The van der Waals surface area contributed by atoms with Crippen molar-refractivity contribution in [2.45, 2.75) is 11.1 Å². The summed E-state index contributed by atoms with van der Waals surface area (Å²) >= 11 is 5.72. The molecular formula is C16H11ClF3N3O3S. The van der Waals surface area contributed by atoms with Crippen LogP contribution in [0.3, 0.4) is 0 Å². The van der Waals surface area contributed by atoms with E-state index in [1.165, 1.54) is 6.20 Å². The molecular weight excluding hydrogens is 407 g/mol. The Balaban J connectivity index is 1.84. The first-order chi connectivity index (χ1) is 12.6. The Kier molecular flexibility index (Phi) is 4.89. The number of halogens is 4. The summed E-state index contributed by atoms with van der Waals surface area (Å²) in [7, 11) is -4.54.